The minimum Gasteiger partial charge on any atom is -0.311 e. The number of hydrogen-bond donors (Lipinski definition) is 0. The highest BCUT2D eigenvalue weighted by Gasteiger charge is 2.50. The lowest BCUT2D eigenvalue weighted by Gasteiger charge is -2.48. The van der Waals surface area contributed by atoms with Crippen LogP contribution in [0.25, 0.3) is 21.2 Å². The van der Waals surface area contributed by atoms with Crippen molar-refractivity contribution in [1.82, 2.24) is 0 Å². The predicted octanol–water partition coefficient (Wildman–Crippen LogP) is 23.7. The van der Waals surface area contributed by atoms with Crippen molar-refractivity contribution >= 4 is 95.0 Å². The van der Waals surface area contributed by atoms with Crippen molar-refractivity contribution in [1.29, 1.82) is 0 Å². The highest BCUT2D eigenvalue weighted by molar-refractivity contribution is 7.33. The largest absolute Gasteiger partial charge is 0.311 e. The summed E-state index contributed by atoms with van der Waals surface area (Å²) in [5.74, 6) is 0. The van der Waals surface area contributed by atoms with E-state index in [0.717, 1.165) is 42.7 Å². The van der Waals surface area contributed by atoms with Gasteiger partial charge < -0.3 is 14.7 Å². The lowest BCUT2D eigenvalue weighted by molar-refractivity contribution is 0.332. The zero-order valence-corrected chi connectivity index (χ0v) is 62.2. The van der Waals surface area contributed by atoms with Crippen molar-refractivity contribution in [3.05, 3.63) is 201 Å². The molecule has 1 aromatic heterocycles. The fraction of sp³-hybridized carbons (Fsp3) is 0.438. The van der Waals surface area contributed by atoms with Crippen LogP contribution >= 0.6 is 11.3 Å². The highest BCUT2D eigenvalue weighted by Crippen LogP contribution is 2.58. The lowest BCUT2D eigenvalue weighted by Crippen LogP contribution is -2.61. The quantitative estimate of drug-likeness (QED) is 0.159. The van der Waals surface area contributed by atoms with Crippen LogP contribution in [0, 0.1) is 0 Å². The van der Waals surface area contributed by atoms with Crippen molar-refractivity contribution in [2.75, 3.05) is 14.7 Å². The highest BCUT2D eigenvalue weighted by atomic mass is 32.1. The molecule has 15 rings (SSSR count). The summed E-state index contributed by atoms with van der Waals surface area (Å²) in [4.78, 5) is 8.25. The van der Waals surface area contributed by atoms with Crippen molar-refractivity contribution < 1.29 is 0 Å². The summed E-state index contributed by atoms with van der Waals surface area (Å²) in [5.41, 5.74) is 32.0. The van der Waals surface area contributed by atoms with Gasteiger partial charge in [0, 0.05) is 60.1 Å². The van der Waals surface area contributed by atoms with E-state index in [-0.39, 0.29) is 60.9 Å². The molecule has 6 aliphatic rings. The molecule has 0 amide bonds. The number of anilines is 9. The van der Waals surface area contributed by atoms with Crippen LogP contribution in [0.2, 0.25) is 0 Å². The molecule has 0 radical (unpaired) electrons. The van der Waals surface area contributed by atoms with Gasteiger partial charge in [-0.1, -0.05) is 220 Å². The van der Waals surface area contributed by atoms with E-state index in [9.17, 15) is 0 Å². The van der Waals surface area contributed by atoms with Crippen molar-refractivity contribution in [3.8, 4) is 11.1 Å². The first-order valence-electron chi connectivity index (χ1n) is 35.7. The molecule has 94 heavy (non-hydrogen) atoms. The van der Waals surface area contributed by atoms with Gasteiger partial charge in [-0.25, -0.2) is 0 Å². The molecule has 484 valence electrons. The summed E-state index contributed by atoms with van der Waals surface area (Å²) >= 11 is 2.09. The molecule has 8 aromatic carbocycles. The molecule has 0 saturated heterocycles. The smallest absolute Gasteiger partial charge is 0.264 e. The average molecular weight is 1260 g/mol. The van der Waals surface area contributed by atoms with E-state index in [4.69, 9.17) is 0 Å². The summed E-state index contributed by atoms with van der Waals surface area (Å²) < 4.78 is 2.85. The molecular weight excluding hydrogens is 1150 g/mol. The second-order valence-corrected chi connectivity index (χ2v) is 38.6. The summed E-state index contributed by atoms with van der Waals surface area (Å²) in [6.45, 7) is 56.4. The standard InChI is InChI=1S/C89H104BN3S/c1-80(2,3)53-28-30-56(31-29-53)91(57-32-34-62-61-26-24-25-27-64(61)89(22,23)66(62)45-57)60-47-74-77-75(48-60)93(58-33-35-65-67(46-58)84(12,13)37-36-83(65,10)11)78-63-49-68-71(88(20,21)41-38-85(68,14)15)52-76(63)94-79(78)90(77)72-50-69-70(87(18,19)40-39-86(69,16)17)51-73(72)92(74)59-43-54(81(4,5)6)42-55(44-59)82(7,8)9/h24-35,42-52H,36-41H2,1-23H3. The zero-order valence-electron chi connectivity index (χ0n) is 61.3. The SMILES string of the molecule is CC(C)(C)c1ccc(N(c2cc3c4c(c2)N(c2ccc5c(c2)C(C)(C)CCC5(C)C)c2c(sc5cc6c(cc25)C(C)(C)CCC6(C)C)B4c2cc4c(cc2N3c2cc(C(C)(C)C)cc(C(C)(C)C)c2)C(C)(C)CCC4(C)C)c2ccc3c(c2)C(C)(C)c2ccccc2-3)cc1. The maximum Gasteiger partial charge on any atom is 0.264 e. The van der Waals surface area contributed by atoms with Gasteiger partial charge in [-0.3, -0.25) is 0 Å². The second-order valence-electron chi connectivity index (χ2n) is 37.5. The van der Waals surface area contributed by atoms with Gasteiger partial charge in [0.15, 0.2) is 0 Å². The third kappa shape index (κ3) is 9.57. The van der Waals surface area contributed by atoms with E-state index >= 15 is 0 Å². The first kappa shape index (κ1) is 63.3. The van der Waals surface area contributed by atoms with Crippen LogP contribution in [0.3, 0.4) is 0 Å². The van der Waals surface area contributed by atoms with Crippen molar-refractivity contribution in [3.63, 3.8) is 0 Å². The van der Waals surface area contributed by atoms with Gasteiger partial charge >= 0.3 is 0 Å². The summed E-state index contributed by atoms with van der Waals surface area (Å²) in [6.07, 6.45) is 6.94. The van der Waals surface area contributed by atoms with Gasteiger partial charge in [-0.2, -0.15) is 0 Å². The third-order valence-electron chi connectivity index (χ3n) is 24.7. The van der Waals surface area contributed by atoms with Gasteiger partial charge in [0.25, 0.3) is 6.71 Å². The van der Waals surface area contributed by atoms with E-state index in [1.807, 2.05) is 0 Å². The molecule has 0 N–H and O–H groups in total. The molecule has 2 aliphatic heterocycles. The fourth-order valence-electron chi connectivity index (χ4n) is 18.0. The number of rotatable bonds is 5. The normalized spacial score (nSPS) is 19.5. The fourth-order valence-corrected chi connectivity index (χ4v) is 19.3. The lowest BCUT2D eigenvalue weighted by atomic mass is 9.35. The Balaban J connectivity index is 1.13. The summed E-state index contributed by atoms with van der Waals surface area (Å²) in [7, 11) is 0. The Labute approximate surface area is 569 Å². The number of fused-ring (bicyclic) bond motifs is 12. The number of benzene rings is 8. The molecule has 0 bridgehead atoms. The van der Waals surface area contributed by atoms with E-state index in [2.05, 4.69) is 325 Å². The Hall–Kier alpha value is -6.82. The minimum atomic E-state index is -0.200. The second kappa shape index (κ2) is 20.1. The molecule has 4 aliphatic carbocycles. The average Bonchev–Trinajstić information content (AvgIpc) is 1.25. The Morgan fingerprint density at radius 3 is 1.44 bits per heavy atom. The summed E-state index contributed by atoms with van der Waals surface area (Å²) in [5, 5.41) is 1.38. The molecule has 9 aromatic rings. The van der Waals surface area contributed by atoms with E-state index < -0.39 is 0 Å². The predicted molar refractivity (Wildman–Crippen MR) is 410 cm³/mol. The molecule has 5 heteroatoms. The van der Waals surface area contributed by atoms with Gasteiger partial charge in [-0.05, 0) is 249 Å². The Morgan fingerprint density at radius 2 is 0.862 bits per heavy atom. The maximum absolute atomic E-state index is 2.82. The van der Waals surface area contributed by atoms with E-state index in [1.165, 1.54) is 145 Å². The van der Waals surface area contributed by atoms with Crippen molar-refractivity contribution in [2.24, 2.45) is 0 Å². The van der Waals surface area contributed by atoms with Crippen molar-refractivity contribution in [2.45, 2.75) is 252 Å². The van der Waals surface area contributed by atoms with Crippen LogP contribution in [-0.4, -0.2) is 6.71 Å². The Morgan fingerprint density at radius 1 is 0.372 bits per heavy atom. The molecule has 3 heterocycles. The van der Waals surface area contributed by atoms with Crippen LogP contribution in [0.1, 0.15) is 259 Å². The first-order chi connectivity index (χ1) is 43.7. The van der Waals surface area contributed by atoms with Gasteiger partial charge in [0.2, 0.25) is 0 Å². The Bertz CT molecular complexity index is 4630. The zero-order chi connectivity index (χ0) is 67.1. The summed E-state index contributed by atoms with van der Waals surface area (Å²) in [6, 6.07) is 57.7. The minimum absolute atomic E-state index is 0.00997. The molecule has 0 atom stereocenters. The van der Waals surface area contributed by atoms with Crippen LogP contribution in [0.5, 0.6) is 0 Å². The number of thiophene rings is 1. The molecule has 0 unspecified atom stereocenters. The third-order valence-corrected chi connectivity index (χ3v) is 25.9. The molecular formula is C89H104BN3S. The van der Waals surface area contributed by atoms with Crippen LogP contribution in [0.4, 0.5) is 51.2 Å². The monoisotopic (exact) mass is 1260 g/mol. The topological polar surface area (TPSA) is 9.72 Å². The van der Waals surface area contributed by atoms with Gasteiger partial charge in [-0.15, -0.1) is 11.3 Å². The van der Waals surface area contributed by atoms with Crippen LogP contribution < -0.4 is 30.4 Å². The number of hydrogen-bond acceptors (Lipinski definition) is 4. The maximum atomic E-state index is 2.82. The van der Waals surface area contributed by atoms with E-state index in [0.29, 0.717) is 0 Å². The first-order valence-corrected chi connectivity index (χ1v) is 36.5. The van der Waals surface area contributed by atoms with E-state index in [1.54, 1.807) is 0 Å². The van der Waals surface area contributed by atoms with Gasteiger partial charge in [0.1, 0.15) is 0 Å². The van der Waals surface area contributed by atoms with Crippen LogP contribution in [0.15, 0.2) is 140 Å². The molecule has 0 saturated carbocycles. The molecule has 3 nitrogen and oxygen atoms in total. The molecule has 0 spiro atoms. The number of nitrogens with zero attached hydrogens (tertiary/aromatic N) is 3. The van der Waals surface area contributed by atoms with Crippen LogP contribution in [-0.2, 0) is 54.1 Å². The Kier molecular flexibility index (Phi) is 13.6. The van der Waals surface area contributed by atoms with Gasteiger partial charge in [0.05, 0.1) is 11.4 Å². The molecule has 0 fully saturated rings.